The second-order valence-electron chi connectivity index (χ2n) is 7.26. The molecule has 4 rings (SSSR count). The standard InChI is InChI=1S/C27H24ClNO2/c1-3-30-27-15-20(17-29-23-13-11-19(2)25(28)16-23)12-14-26(27)31-18-22-9-6-8-21-7-4-5-10-24(21)22/h4-17H,3,18H2,1-2H3. The van der Waals surface area contributed by atoms with Crippen LogP contribution in [0.2, 0.25) is 5.02 Å². The van der Waals surface area contributed by atoms with Gasteiger partial charge in [0, 0.05) is 11.2 Å². The van der Waals surface area contributed by atoms with Gasteiger partial charge in [-0.15, -0.1) is 0 Å². The molecule has 3 nitrogen and oxygen atoms in total. The van der Waals surface area contributed by atoms with Crippen LogP contribution in [0.25, 0.3) is 10.8 Å². The van der Waals surface area contributed by atoms with Crippen molar-refractivity contribution in [2.45, 2.75) is 20.5 Å². The van der Waals surface area contributed by atoms with E-state index < -0.39 is 0 Å². The van der Waals surface area contributed by atoms with Gasteiger partial charge in [0.1, 0.15) is 6.61 Å². The molecule has 0 aliphatic heterocycles. The highest BCUT2D eigenvalue weighted by Crippen LogP contribution is 2.30. The van der Waals surface area contributed by atoms with Crippen LogP contribution in [0.15, 0.2) is 83.9 Å². The Labute approximate surface area is 187 Å². The lowest BCUT2D eigenvalue weighted by Crippen LogP contribution is -2.01. The molecule has 0 spiro atoms. The molecule has 0 heterocycles. The Morgan fingerprint density at radius 1 is 0.871 bits per heavy atom. The van der Waals surface area contributed by atoms with Crippen LogP contribution in [0.1, 0.15) is 23.6 Å². The molecule has 0 fully saturated rings. The molecule has 0 aromatic heterocycles. The lowest BCUT2D eigenvalue weighted by molar-refractivity contribution is 0.270. The van der Waals surface area contributed by atoms with E-state index in [-0.39, 0.29) is 0 Å². The number of aliphatic imine (C=N–C) groups is 1. The maximum Gasteiger partial charge on any atom is 0.161 e. The fraction of sp³-hybridized carbons (Fsp3) is 0.148. The lowest BCUT2D eigenvalue weighted by atomic mass is 10.1. The minimum absolute atomic E-state index is 0.469. The minimum Gasteiger partial charge on any atom is -0.490 e. The number of hydrogen-bond donors (Lipinski definition) is 0. The first kappa shape index (κ1) is 21.0. The summed E-state index contributed by atoms with van der Waals surface area (Å²) in [5.41, 5.74) is 3.91. The molecule has 0 saturated heterocycles. The Balaban J connectivity index is 1.54. The van der Waals surface area contributed by atoms with Crippen molar-refractivity contribution in [2.24, 2.45) is 4.99 Å². The molecule has 0 bridgehead atoms. The molecule has 0 aliphatic carbocycles. The third kappa shape index (κ3) is 5.07. The average molecular weight is 430 g/mol. The van der Waals surface area contributed by atoms with Gasteiger partial charge in [-0.1, -0.05) is 60.1 Å². The molecule has 156 valence electrons. The zero-order valence-corrected chi connectivity index (χ0v) is 18.4. The van der Waals surface area contributed by atoms with Gasteiger partial charge in [-0.3, -0.25) is 4.99 Å². The van der Waals surface area contributed by atoms with Crippen molar-refractivity contribution >= 4 is 34.3 Å². The Morgan fingerprint density at radius 3 is 2.55 bits per heavy atom. The molecule has 31 heavy (non-hydrogen) atoms. The maximum atomic E-state index is 6.19. The molecule has 4 aromatic rings. The van der Waals surface area contributed by atoms with Crippen molar-refractivity contribution in [3.8, 4) is 11.5 Å². The summed E-state index contributed by atoms with van der Waals surface area (Å²) in [6, 6.07) is 26.2. The van der Waals surface area contributed by atoms with Gasteiger partial charge in [-0.05, 0) is 71.6 Å². The highest BCUT2D eigenvalue weighted by atomic mass is 35.5. The molecular weight excluding hydrogens is 406 g/mol. The van der Waals surface area contributed by atoms with Crippen molar-refractivity contribution in [3.63, 3.8) is 0 Å². The third-order valence-electron chi connectivity index (χ3n) is 5.05. The fourth-order valence-electron chi connectivity index (χ4n) is 3.38. The van der Waals surface area contributed by atoms with Gasteiger partial charge in [0.2, 0.25) is 0 Å². The summed E-state index contributed by atoms with van der Waals surface area (Å²) in [7, 11) is 0. The largest absolute Gasteiger partial charge is 0.490 e. The molecule has 4 aromatic carbocycles. The quantitative estimate of drug-likeness (QED) is 0.284. The van der Waals surface area contributed by atoms with Gasteiger partial charge in [0.15, 0.2) is 11.5 Å². The summed E-state index contributed by atoms with van der Waals surface area (Å²) in [5, 5.41) is 3.11. The summed E-state index contributed by atoms with van der Waals surface area (Å²) < 4.78 is 12.0. The monoisotopic (exact) mass is 429 g/mol. The zero-order valence-electron chi connectivity index (χ0n) is 17.6. The van der Waals surface area contributed by atoms with Crippen molar-refractivity contribution < 1.29 is 9.47 Å². The fourth-order valence-corrected chi connectivity index (χ4v) is 3.55. The van der Waals surface area contributed by atoms with Crippen LogP contribution in [0.3, 0.4) is 0 Å². The highest BCUT2D eigenvalue weighted by Gasteiger charge is 2.08. The van der Waals surface area contributed by atoms with Crippen molar-refractivity contribution in [1.82, 2.24) is 0 Å². The number of halogens is 1. The topological polar surface area (TPSA) is 30.8 Å². The SMILES string of the molecule is CCOc1cc(C=Nc2ccc(C)c(Cl)c2)ccc1OCc1cccc2ccccc12. The normalized spacial score (nSPS) is 11.2. The maximum absolute atomic E-state index is 6.19. The molecule has 0 unspecified atom stereocenters. The number of fused-ring (bicyclic) bond motifs is 1. The van der Waals surface area contributed by atoms with Gasteiger partial charge >= 0.3 is 0 Å². The first-order valence-corrected chi connectivity index (χ1v) is 10.7. The smallest absolute Gasteiger partial charge is 0.161 e. The minimum atomic E-state index is 0.469. The van der Waals surface area contributed by atoms with E-state index in [0.717, 1.165) is 22.4 Å². The van der Waals surface area contributed by atoms with Gasteiger partial charge in [0.05, 0.1) is 12.3 Å². The van der Waals surface area contributed by atoms with Crippen LogP contribution < -0.4 is 9.47 Å². The third-order valence-corrected chi connectivity index (χ3v) is 5.46. The Hall–Kier alpha value is -3.30. The van der Waals surface area contributed by atoms with Gasteiger partial charge in [0.25, 0.3) is 0 Å². The highest BCUT2D eigenvalue weighted by molar-refractivity contribution is 6.31. The second kappa shape index (κ2) is 9.67. The number of ether oxygens (including phenoxy) is 2. The number of benzene rings is 4. The predicted octanol–water partition coefficient (Wildman–Crippen LogP) is 7.53. The number of rotatable bonds is 7. The summed E-state index contributed by atoms with van der Waals surface area (Å²) in [6.45, 7) is 4.96. The van der Waals surface area contributed by atoms with Gasteiger partial charge < -0.3 is 9.47 Å². The zero-order chi connectivity index (χ0) is 21.6. The second-order valence-corrected chi connectivity index (χ2v) is 7.67. The summed E-state index contributed by atoms with van der Waals surface area (Å²) in [5.74, 6) is 1.42. The Kier molecular flexibility index (Phi) is 6.54. The summed E-state index contributed by atoms with van der Waals surface area (Å²) in [4.78, 5) is 4.53. The molecule has 4 heteroatoms. The van der Waals surface area contributed by atoms with Crippen molar-refractivity contribution in [1.29, 1.82) is 0 Å². The van der Waals surface area contributed by atoms with Gasteiger partial charge in [-0.25, -0.2) is 0 Å². The van der Waals surface area contributed by atoms with E-state index in [4.69, 9.17) is 21.1 Å². The van der Waals surface area contributed by atoms with Crippen molar-refractivity contribution in [3.05, 3.63) is 101 Å². The van der Waals surface area contributed by atoms with Crippen LogP contribution in [0.5, 0.6) is 11.5 Å². The predicted molar refractivity (Wildman–Crippen MR) is 129 cm³/mol. The van der Waals surface area contributed by atoms with Crippen LogP contribution >= 0.6 is 11.6 Å². The van der Waals surface area contributed by atoms with E-state index in [2.05, 4.69) is 35.3 Å². The molecular formula is C27H24ClNO2. The van der Waals surface area contributed by atoms with E-state index in [1.165, 1.54) is 10.8 Å². The van der Waals surface area contributed by atoms with Gasteiger partial charge in [-0.2, -0.15) is 0 Å². The number of aryl methyl sites for hydroxylation is 1. The van der Waals surface area contributed by atoms with Crippen LogP contribution in [-0.4, -0.2) is 12.8 Å². The Morgan fingerprint density at radius 2 is 1.71 bits per heavy atom. The molecule has 0 aliphatic rings. The number of nitrogens with zero attached hydrogens (tertiary/aromatic N) is 1. The molecule has 0 N–H and O–H groups in total. The molecule has 0 amide bonds. The molecule has 0 radical (unpaired) electrons. The first-order valence-electron chi connectivity index (χ1n) is 10.3. The summed E-state index contributed by atoms with van der Waals surface area (Å²) in [6.07, 6.45) is 1.80. The number of hydrogen-bond acceptors (Lipinski definition) is 3. The Bertz CT molecular complexity index is 1230. The van der Waals surface area contributed by atoms with E-state index in [9.17, 15) is 0 Å². The van der Waals surface area contributed by atoms with E-state index in [1.54, 1.807) is 6.21 Å². The van der Waals surface area contributed by atoms with E-state index >= 15 is 0 Å². The van der Waals surface area contributed by atoms with Crippen molar-refractivity contribution in [2.75, 3.05) is 6.61 Å². The average Bonchev–Trinajstić information content (AvgIpc) is 2.79. The van der Waals surface area contributed by atoms with E-state index in [1.807, 2.05) is 62.4 Å². The summed E-state index contributed by atoms with van der Waals surface area (Å²) >= 11 is 6.19. The first-order chi connectivity index (χ1) is 15.1. The van der Waals surface area contributed by atoms with Crippen LogP contribution in [-0.2, 0) is 6.61 Å². The van der Waals surface area contributed by atoms with E-state index in [0.29, 0.717) is 29.7 Å². The lowest BCUT2D eigenvalue weighted by Gasteiger charge is -2.13. The van der Waals surface area contributed by atoms with Crippen LogP contribution in [0, 0.1) is 6.92 Å². The molecule has 0 saturated carbocycles. The molecule has 0 atom stereocenters. The van der Waals surface area contributed by atoms with Crippen LogP contribution in [0.4, 0.5) is 5.69 Å².